The Morgan fingerprint density at radius 1 is 0.914 bits per heavy atom. The maximum absolute atomic E-state index is 12.3. The highest BCUT2D eigenvalue weighted by Gasteiger charge is 2.20. The summed E-state index contributed by atoms with van der Waals surface area (Å²) in [5.41, 5.74) is 2.65. The second-order valence-corrected chi connectivity index (χ2v) is 8.13. The van der Waals surface area contributed by atoms with Crippen molar-refractivity contribution in [2.75, 3.05) is 19.8 Å². The predicted octanol–water partition coefficient (Wildman–Crippen LogP) is 1.44. The average Bonchev–Trinajstić information content (AvgIpc) is 3.30. The van der Waals surface area contributed by atoms with Crippen LogP contribution in [-0.4, -0.2) is 80.1 Å². The first kappa shape index (κ1) is 27.9. The number of halogens is 1. The molecule has 0 bridgehead atoms. The van der Waals surface area contributed by atoms with Crippen molar-refractivity contribution in [1.29, 1.82) is 0 Å². The smallest absolute Gasteiger partial charge is 0.320 e. The number of nitrogens with one attached hydrogen (secondary N) is 2. The van der Waals surface area contributed by atoms with E-state index >= 15 is 0 Å². The number of nitrogens with zero attached hydrogens (tertiary/aromatic N) is 3. The van der Waals surface area contributed by atoms with Gasteiger partial charge in [0.1, 0.15) is 12.1 Å². The van der Waals surface area contributed by atoms with Crippen LogP contribution >= 0.6 is 0 Å². The number of hydrogen-bond donors (Lipinski definition) is 5. The summed E-state index contributed by atoms with van der Waals surface area (Å²) in [6.45, 7) is 0.196. The number of rotatable bonds is 18. The Kier molecular flexibility index (Phi) is 11.8. The molecule has 1 heterocycles. The molecule has 12 heteroatoms. The lowest BCUT2D eigenvalue weighted by Crippen LogP contribution is -2.43. The molecule has 0 saturated heterocycles. The lowest BCUT2D eigenvalue weighted by molar-refractivity contribution is -0.141. The highest BCUT2D eigenvalue weighted by Crippen LogP contribution is 2.11. The molecular formula is C23H32FN5O6. The molecule has 2 aromatic rings. The Bertz CT molecular complexity index is 952. The largest absolute Gasteiger partial charge is 0.481 e. The molecule has 35 heavy (non-hydrogen) atoms. The number of carboxylic acids is 3. The maximum Gasteiger partial charge on any atom is 0.320 e. The van der Waals surface area contributed by atoms with E-state index in [1.54, 1.807) is 10.9 Å². The summed E-state index contributed by atoms with van der Waals surface area (Å²) in [6.07, 6.45) is 3.96. The fourth-order valence-corrected chi connectivity index (χ4v) is 3.47. The van der Waals surface area contributed by atoms with Crippen LogP contribution in [0.2, 0.25) is 0 Å². The van der Waals surface area contributed by atoms with Crippen LogP contribution < -0.4 is 10.6 Å². The molecule has 2 atom stereocenters. The number of aliphatic carboxylic acids is 3. The Morgan fingerprint density at radius 3 is 2.20 bits per heavy atom. The van der Waals surface area contributed by atoms with Crippen LogP contribution in [0.15, 0.2) is 30.5 Å². The Balaban J connectivity index is 1.74. The van der Waals surface area contributed by atoms with Crippen molar-refractivity contribution in [3.8, 4) is 5.69 Å². The molecular weight excluding hydrogens is 461 g/mol. The number of carboxylic acid groups (broad SMARTS) is 3. The van der Waals surface area contributed by atoms with E-state index in [1.807, 2.05) is 24.3 Å². The van der Waals surface area contributed by atoms with Gasteiger partial charge in [-0.1, -0.05) is 17.3 Å². The van der Waals surface area contributed by atoms with E-state index in [-0.39, 0.29) is 32.5 Å². The summed E-state index contributed by atoms with van der Waals surface area (Å²) in [4.78, 5) is 33.3. The van der Waals surface area contributed by atoms with Gasteiger partial charge in [-0.25, -0.2) is 4.68 Å². The third-order valence-corrected chi connectivity index (χ3v) is 5.41. The van der Waals surface area contributed by atoms with Crippen molar-refractivity contribution >= 4 is 17.9 Å². The van der Waals surface area contributed by atoms with Crippen LogP contribution in [0.4, 0.5) is 4.39 Å². The fraction of sp³-hybridized carbons (Fsp3) is 0.522. The molecule has 5 N–H and O–H groups in total. The monoisotopic (exact) mass is 493 g/mol. The number of aromatic nitrogens is 3. The molecule has 11 nitrogen and oxygen atoms in total. The Labute approximate surface area is 202 Å². The summed E-state index contributed by atoms with van der Waals surface area (Å²) >= 11 is 0. The molecule has 1 aromatic carbocycles. The minimum atomic E-state index is -1.17. The van der Waals surface area contributed by atoms with Crippen LogP contribution in [0, 0.1) is 0 Å². The van der Waals surface area contributed by atoms with Crippen LogP contribution in [-0.2, 0) is 27.2 Å². The molecule has 1 aromatic heterocycles. The molecule has 0 aliphatic rings. The SMILES string of the molecule is O=C(O)CC[C@H](NCC[C@@H](NCCCc1ccc(-n2cc(CCCF)nn2)cc1)C(=O)O)C(=O)O. The predicted molar refractivity (Wildman–Crippen MR) is 124 cm³/mol. The first-order chi connectivity index (χ1) is 16.8. The summed E-state index contributed by atoms with van der Waals surface area (Å²) < 4.78 is 13.9. The van der Waals surface area contributed by atoms with E-state index < -0.39 is 30.0 Å². The van der Waals surface area contributed by atoms with Gasteiger partial charge in [-0.2, -0.15) is 0 Å². The highest BCUT2D eigenvalue weighted by molar-refractivity contribution is 5.75. The van der Waals surface area contributed by atoms with Crippen LogP contribution in [0.25, 0.3) is 5.69 Å². The summed E-state index contributed by atoms with van der Waals surface area (Å²) in [7, 11) is 0. The van der Waals surface area contributed by atoms with Gasteiger partial charge >= 0.3 is 17.9 Å². The van der Waals surface area contributed by atoms with Gasteiger partial charge in [0, 0.05) is 6.42 Å². The minimum absolute atomic E-state index is 0.0775. The summed E-state index contributed by atoms with van der Waals surface area (Å²) in [6, 6.07) is 5.84. The van der Waals surface area contributed by atoms with Crippen molar-refractivity contribution in [2.24, 2.45) is 0 Å². The first-order valence-corrected chi connectivity index (χ1v) is 11.5. The highest BCUT2D eigenvalue weighted by atomic mass is 19.1. The first-order valence-electron chi connectivity index (χ1n) is 11.5. The van der Waals surface area contributed by atoms with E-state index in [0.29, 0.717) is 25.8 Å². The molecule has 0 amide bonds. The van der Waals surface area contributed by atoms with Crippen molar-refractivity contribution in [2.45, 2.75) is 57.0 Å². The van der Waals surface area contributed by atoms with Gasteiger partial charge < -0.3 is 26.0 Å². The lowest BCUT2D eigenvalue weighted by Gasteiger charge is -2.17. The second kappa shape index (κ2) is 14.8. The Morgan fingerprint density at radius 2 is 1.57 bits per heavy atom. The second-order valence-electron chi connectivity index (χ2n) is 8.13. The number of benzene rings is 1. The van der Waals surface area contributed by atoms with E-state index in [0.717, 1.165) is 23.4 Å². The maximum atomic E-state index is 12.3. The standard InChI is InChI=1S/C23H32FN5O6/c24-12-1-4-17-15-29(28-27-17)18-7-5-16(6-8-18)3-2-13-25-20(23(34)35)11-14-26-19(22(32)33)9-10-21(30)31/h5-8,15,19-20,25-26H,1-4,9-14H2,(H,30,31)(H,32,33)(H,34,35)/t19-,20+/m0/s1. The van der Waals surface area contributed by atoms with Gasteiger partial charge in [-0.15, -0.1) is 5.10 Å². The number of hydrogen-bond acceptors (Lipinski definition) is 7. The third-order valence-electron chi connectivity index (χ3n) is 5.41. The minimum Gasteiger partial charge on any atom is -0.481 e. The van der Waals surface area contributed by atoms with Gasteiger partial charge in [0.05, 0.1) is 24.3 Å². The third kappa shape index (κ3) is 10.2. The quantitative estimate of drug-likeness (QED) is 0.192. The molecule has 0 spiro atoms. The van der Waals surface area contributed by atoms with Crippen LogP contribution in [0.5, 0.6) is 0 Å². The van der Waals surface area contributed by atoms with E-state index in [2.05, 4.69) is 20.9 Å². The van der Waals surface area contributed by atoms with E-state index in [1.165, 1.54) is 0 Å². The zero-order chi connectivity index (χ0) is 25.6. The van der Waals surface area contributed by atoms with Crippen molar-refractivity contribution in [1.82, 2.24) is 25.6 Å². The van der Waals surface area contributed by atoms with Crippen LogP contribution in [0.1, 0.15) is 43.4 Å². The average molecular weight is 494 g/mol. The zero-order valence-electron chi connectivity index (χ0n) is 19.4. The molecule has 0 radical (unpaired) electrons. The molecule has 0 aliphatic carbocycles. The van der Waals surface area contributed by atoms with Gasteiger partial charge in [-0.3, -0.25) is 18.8 Å². The topological polar surface area (TPSA) is 167 Å². The van der Waals surface area contributed by atoms with Gasteiger partial charge in [0.25, 0.3) is 0 Å². The van der Waals surface area contributed by atoms with Crippen molar-refractivity contribution in [3.05, 3.63) is 41.7 Å². The summed E-state index contributed by atoms with van der Waals surface area (Å²) in [5, 5.41) is 41.0. The van der Waals surface area contributed by atoms with Gasteiger partial charge in [0.2, 0.25) is 0 Å². The number of alkyl halides is 1. The summed E-state index contributed by atoms with van der Waals surface area (Å²) in [5.74, 6) is -3.29. The van der Waals surface area contributed by atoms with Crippen molar-refractivity contribution in [3.63, 3.8) is 0 Å². The molecule has 2 rings (SSSR count). The molecule has 192 valence electrons. The van der Waals surface area contributed by atoms with Crippen LogP contribution in [0.3, 0.4) is 0 Å². The lowest BCUT2D eigenvalue weighted by atomic mass is 10.1. The fourth-order valence-electron chi connectivity index (χ4n) is 3.47. The Hall–Kier alpha value is -3.38. The van der Waals surface area contributed by atoms with E-state index in [4.69, 9.17) is 10.2 Å². The zero-order valence-corrected chi connectivity index (χ0v) is 19.4. The molecule has 0 unspecified atom stereocenters. The number of carbonyl (C=O) groups is 3. The molecule has 0 fully saturated rings. The normalized spacial score (nSPS) is 12.8. The molecule has 0 saturated carbocycles. The van der Waals surface area contributed by atoms with Crippen molar-refractivity contribution < 1.29 is 34.1 Å². The van der Waals surface area contributed by atoms with Gasteiger partial charge in [-0.05, 0) is 69.3 Å². The number of aryl methyl sites for hydroxylation is 2. The van der Waals surface area contributed by atoms with E-state index in [9.17, 15) is 23.9 Å². The van der Waals surface area contributed by atoms with Gasteiger partial charge in [0.15, 0.2) is 0 Å². The molecule has 0 aliphatic heterocycles.